The standard InChI is InChI=1S/C13H15F3N4O2S/c1-8-4-20(17-11(8)13(14,15)16)6-10(21)19(2)5-9-7-23-18-12(9)22-3/h4,7H,5-6H2,1-3H3. The van der Waals surface area contributed by atoms with Crippen LogP contribution >= 0.6 is 11.5 Å². The predicted molar refractivity (Wildman–Crippen MR) is 77.1 cm³/mol. The molecule has 10 heteroatoms. The van der Waals surface area contributed by atoms with Crippen molar-refractivity contribution in [2.75, 3.05) is 14.2 Å². The van der Waals surface area contributed by atoms with Gasteiger partial charge in [0, 0.05) is 24.2 Å². The van der Waals surface area contributed by atoms with Crippen LogP contribution in [0.5, 0.6) is 5.88 Å². The van der Waals surface area contributed by atoms with E-state index in [1.165, 1.54) is 36.7 Å². The van der Waals surface area contributed by atoms with E-state index in [-0.39, 0.29) is 24.6 Å². The number of hydrogen-bond acceptors (Lipinski definition) is 5. The molecule has 0 aliphatic carbocycles. The first-order chi connectivity index (χ1) is 10.7. The van der Waals surface area contributed by atoms with Crippen molar-refractivity contribution >= 4 is 17.4 Å². The SMILES string of the molecule is COc1nscc1CN(C)C(=O)Cn1cc(C)c(C(F)(F)F)n1. The lowest BCUT2D eigenvalue weighted by Crippen LogP contribution is -2.30. The number of carbonyl (C=O) groups excluding carboxylic acids is 1. The summed E-state index contributed by atoms with van der Waals surface area (Å²) in [6.45, 7) is 1.29. The maximum Gasteiger partial charge on any atom is 0.435 e. The van der Waals surface area contributed by atoms with Crippen LogP contribution in [-0.2, 0) is 24.1 Å². The van der Waals surface area contributed by atoms with Gasteiger partial charge in [0.2, 0.25) is 11.8 Å². The smallest absolute Gasteiger partial charge is 0.435 e. The number of hydrogen-bond donors (Lipinski definition) is 0. The Morgan fingerprint density at radius 1 is 1.48 bits per heavy atom. The highest BCUT2D eigenvalue weighted by atomic mass is 32.1. The van der Waals surface area contributed by atoms with Crippen LogP contribution in [0.1, 0.15) is 16.8 Å². The molecule has 0 radical (unpaired) electrons. The fourth-order valence-corrected chi connectivity index (χ4v) is 2.65. The zero-order chi connectivity index (χ0) is 17.2. The number of rotatable bonds is 5. The molecule has 2 rings (SSSR count). The van der Waals surface area contributed by atoms with Gasteiger partial charge in [-0.15, -0.1) is 0 Å². The number of aromatic nitrogens is 3. The molecule has 2 aromatic rings. The first-order valence-corrected chi connectivity index (χ1v) is 7.38. The van der Waals surface area contributed by atoms with E-state index >= 15 is 0 Å². The molecule has 0 saturated carbocycles. The largest absolute Gasteiger partial charge is 0.480 e. The fraction of sp³-hybridized carbons (Fsp3) is 0.462. The van der Waals surface area contributed by atoms with Gasteiger partial charge in [0.1, 0.15) is 6.54 Å². The van der Waals surface area contributed by atoms with E-state index in [1.807, 2.05) is 0 Å². The molecule has 126 valence electrons. The van der Waals surface area contributed by atoms with E-state index < -0.39 is 11.9 Å². The molecule has 0 bridgehead atoms. The zero-order valence-electron chi connectivity index (χ0n) is 12.7. The number of likely N-dealkylation sites (N-methyl/N-ethyl adjacent to an activating group) is 1. The second-order valence-corrected chi connectivity index (χ2v) is 5.58. The highest BCUT2D eigenvalue weighted by Crippen LogP contribution is 2.30. The van der Waals surface area contributed by atoms with Crippen molar-refractivity contribution in [3.63, 3.8) is 0 Å². The lowest BCUT2D eigenvalue weighted by Gasteiger charge is -2.16. The molecule has 0 aromatic carbocycles. The molecular formula is C13H15F3N4O2S. The van der Waals surface area contributed by atoms with Crippen molar-refractivity contribution in [2.24, 2.45) is 0 Å². The van der Waals surface area contributed by atoms with Crippen LogP contribution in [0.4, 0.5) is 13.2 Å². The molecule has 1 amide bonds. The van der Waals surface area contributed by atoms with Crippen LogP contribution in [0.2, 0.25) is 0 Å². The van der Waals surface area contributed by atoms with Gasteiger partial charge >= 0.3 is 6.18 Å². The van der Waals surface area contributed by atoms with E-state index in [2.05, 4.69) is 9.47 Å². The predicted octanol–water partition coefficient (Wildman–Crippen LogP) is 2.33. The van der Waals surface area contributed by atoms with Gasteiger partial charge in [-0.2, -0.15) is 22.6 Å². The number of alkyl halides is 3. The molecule has 0 saturated heterocycles. The van der Waals surface area contributed by atoms with Gasteiger partial charge in [0.25, 0.3) is 0 Å². The lowest BCUT2D eigenvalue weighted by atomic mass is 10.3. The monoisotopic (exact) mass is 348 g/mol. The maximum absolute atomic E-state index is 12.7. The minimum absolute atomic E-state index is 0.0170. The van der Waals surface area contributed by atoms with E-state index in [9.17, 15) is 18.0 Å². The van der Waals surface area contributed by atoms with Crippen LogP contribution in [0.15, 0.2) is 11.6 Å². The fourth-order valence-electron chi connectivity index (χ4n) is 2.01. The van der Waals surface area contributed by atoms with Gasteiger partial charge in [-0.05, 0) is 24.0 Å². The van der Waals surface area contributed by atoms with Crippen molar-refractivity contribution in [2.45, 2.75) is 26.2 Å². The van der Waals surface area contributed by atoms with Crippen molar-refractivity contribution in [3.05, 3.63) is 28.4 Å². The number of amides is 1. The average molecular weight is 348 g/mol. The number of halogens is 3. The second-order valence-electron chi connectivity index (χ2n) is 4.95. The van der Waals surface area contributed by atoms with Crippen LogP contribution in [-0.4, -0.2) is 39.1 Å². The number of methoxy groups -OCH3 is 1. The number of nitrogens with zero attached hydrogens (tertiary/aromatic N) is 4. The highest BCUT2D eigenvalue weighted by molar-refractivity contribution is 7.03. The molecule has 0 atom stereocenters. The summed E-state index contributed by atoms with van der Waals surface area (Å²) >= 11 is 1.20. The van der Waals surface area contributed by atoms with Crippen molar-refractivity contribution in [1.82, 2.24) is 19.1 Å². The summed E-state index contributed by atoms with van der Waals surface area (Å²) in [5.41, 5.74) is -0.255. The van der Waals surface area contributed by atoms with E-state index in [1.54, 1.807) is 12.4 Å². The van der Waals surface area contributed by atoms with Gasteiger partial charge in [-0.3, -0.25) is 9.48 Å². The Kier molecular flexibility index (Phi) is 4.93. The molecule has 2 aromatic heterocycles. The van der Waals surface area contributed by atoms with Gasteiger partial charge in [-0.1, -0.05) is 0 Å². The van der Waals surface area contributed by atoms with Crippen LogP contribution in [0.25, 0.3) is 0 Å². The summed E-state index contributed by atoms with van der Waals surface area (Å²) in [7, 11) is 3.03. The zero-order valence-corrected chi connectivity index (χ0v) is 13.5. The van der Waals surface area contributed by atoms with Gasteiger partial charge in [-0.25, -0.2) is 0 Å². The lowest BCUT2D eigenvalue weighted by molar-refractivity contribution is -0.142. The number of carbonyl (C=O) groups is 1. The first kappa shape index (κ1) is 17.3. The summed E-state index contributed by atoms with van der Waals surface area (Å²) < 4.78 is 48.2. The molecule has 23 heavy (non-hydrogen) atoms. The summed E-state index contributed by atoms with van der Waals surface area (Å²) in [6.07, 6.45) is -3.32. The number of ether oxygens (including phenoxy) is 1. The summed E-state index contributed by atoms with van der Waals surface area (Å²) in [4.78, 5) is 13.5. The van der Waals surface area contributed by atoms with Gasteiger partial charge in [0.05, 0.1) is 13.7 Å². The molecule has 0 fully saturated rings. The molecule has 6 nitrogen and oxygen atoms in total. The third kappa shape index (κ3) is 4.01. The van der Waals surface area contributed by atoms with Gasteiger partial charge < -0.3 is 9.64 Å². The Morgan fingerprint density at radius 2 is 2.17 bits per heavy atom. The average Bonchev–Trinajstić information content (AvgIpc) is 3.04. The van der Waals surface area contributed by atoms with Crippen molar-refractivity contribution in [1.29, 1.82) is 0 Å². The summed E-state index contributed by atoms with van der Waals surface area (Å²) in [6, 6.07) is 0. The Labute approximate surface area is 134 Å². The Bertz CT molecular complexity index is 696. The topological polar surface area (TPSA) is 60.2 Å². The quantitative estimate of drug-likeness (QED) is 0.832. The third-order valence-corrected chi connectivity index (χ3v) is 3.80. The van der Waals surface area contributed by atoms with E-state index in [4.69, 9.17) is 4.74 Å². The minimum Gasteiger partial charge on any atom is -0.480 e. The summed E-state index contributed by atoms with van der Waals surface area (Å²) in [5, 5.41) is 5.20. The normalized spacial score (nSPS) is 11.6. The summed E-state index contributed by atoms with van der Waals surface area (Å²) in [5.74, 6) is 0.0680. The first-order valence-electron chi connectivity index (χ1n) is 6.54. The highest BCUT2D eigenvalue weighted by Gasteiger charge is 2.36. The second kappa shape index (κ2) is 6.57. The number of aryl methyl sites for hydroxylation is 1. The molecule has 0 unspecified atom stereocenters. The van der Waals surface area contributed by atoms with Gasteiger partial charge in [0.15, 0.2) is 5.69 Å². The van der Waals surface area contributed by atoms with Crippen LogP contribution in [0, 0.1) is 6.92 Å². The van der Waals surface area contributed by atoms with E-state index in [0.29, 0.717) is 5.88 Å². The maximum atomic E-state index is 12.7. The molecule has 0 aliphatic rings. The van der Waals surface area contributed by atoms with Crippen LogP contribution < -0.4 is 4.74 Å². The van der Waals surface area contributed by atoms with Crippen molar-refractivity contribution in [3.8, 4) is 5.88 Å². The molecule has 0 spiro atoms. The minimum atomic E-state index is -4.53. The molecule has 0 N–H and O–H groups in total. The third-order valence-electron chi connectivity index (χ3n) is 3.14. The molecule has 2 heterocycles. The van der Waals surface area contributed by atoms with Crippen molar-refractivity contribution < 1.29 is 22.7 Å². The molecule has 0 aliphatic heterocycles. The Morgan fingerprint density at radius 3 is 2.74 bits per heavy atom. The van der Waals surface area contributed by atoms with E-state index in [0.717, 1.165) is 10.2 Å². The Hall–Kier alpha value is -2.10. The van der Waals surface area contributed by atoms with Crippen LogP contribution in [0.3, 0.4) is 0 Å². The molecular weight excluding hydrogens is 333 g/mol. The Balaban J connectivity index is 2.04.